The lowest BCUT2D eigenvalue weighted by atomic mass is 10.5. The average molecular weight is 169 g/mol. The van der Waals surface area contributed by atoms with E-state index in [0.717, 1.165) is 6.54 Å². The minimum Gasteiger partial charge on any atom is -0.462 e. The first-order valence-electron chi connectivity index (χ1n) is 4.12. The monoisotopic (exact) mass is 169 g/mol. The van der Waals surface area contributed by atoms with Crippen molar-refractivity contribution in [2.45, 2.75) is 33.4 Å². The van der Waals surface area contributed by atoms with Crippen LogP contribution < -0.4 is 10.5 Å². The molecule has 2 N–H and O–H groups in total. The largest absolute Gasteiger partial charge is 0.462 e. The van der Waals surface area contributed by atoms with Gasteiger partial charge in [0.05, 0.1) is 12.3 Å². The van der Waals surface area contributed by atoms with Gasteiger partial charge in [-0.2, -0.15) is 0 Å². The number of hydrogen-bond donors (Lipinski definition) is 1. The standard InChI is InChI=1S/C8H15N3O/c1-4-11-7(9)5-10-8(11)12-6(2)3/h5-6H,4,9H2,1-3H3. The first-order valence-corrected chi connectivity index (χ1v) is 4.12. The van der Waals surface area contributed by atoms with Crippen LogP contribution in [0.3, 0.4) is 0 Å². The van der Waals surface area contributed by atoms with Gasteiger partial charge in [-0.15, -0.1) is 0 Å². The molecule has 1 aromatic heterocycles. The van der Waals surface area contributed by atoms with Gasteiger partial charge in [-0.3, -0.25) is 4.57 Å². The van der Waals surface area contributed by atoms with Gasteiger partial charge in [0, 0.05) is 6.54 Å². The molecule has 0 saturated carbocycles. The van der Waals surface area contributed by atoms with Crippen LogP contribution in [0.2, 0.25) is 0 Å². The van der Waals surface area contributed by atoms with Gasteiger partial charge in [0.15, 0.2) is 0 Å². The second kappa shape index (κ2) is 3.47. The number of nitrogens with two attached hydrogens (primary N) is 1. The summed E-state index contributed by atoms with van der Waals surface area (Å²) in [4.78, 5) is 4.04. The lowest BCUT2D eigenvalue weighted by molar-refractivity contribution is 0.213. The zero-order chi connectivity index (χ0) is 9.14. The molecule has 1 heterocycles. The molecule has 0 saturated heterocycles. The van der Waals surface area contributed by atoms with E-state index in [9.17, 15) is 0 Å². The average Bonchev–Trinajstić information content (AvgIpc) is 2.30. The summed E-state index contributed by atoms with van der Waals surface area (Å²) in [7, 11) is 0. The van der Waals surface area contributed by atoms with Crippen molar-refractivity contribution in [2.75, 3.05) is 5.73 Å². The fraction of sp³-hybridized carbons (Fsp3) is 0.625. The Labute approximate surface area is 72.3 Å². The van der Waals surface area contributed by atoms with Gasteiger partial charge in [-0.05, 0) is 20.8 Å². The predicted octanol–water partition coefficient (Wildman–Crippen LogP) is 1.27. The van der Waals surface area contributed by atoms with Crippen LogP contribution in [-0.2, 0) is 6.54 Å². The molecule has 1 rings (SSSR count). The SMILES string of the molecule is CCn1c(N)cnc1OC(C)C. The molecule has 0 amide bonds. The van der Waals surface area contributed by atoms with E-state index in [-0.39, 0.29) is 6.10 Å². The maximum absolute atomic E-state index is 5.65. The van der Waals surface area contributed by atoms with Crippen molar-refractivity contribution in [2.24, 2.45) is 0 Å². The molecule has 0 aliphatic rings. The molecule has 12 heavy (non-hydrogen) atoms. The van der Waals surface area contributed by atoms with Gasteiger partial charge in [0.1, 0.15) is 5.82 Å². The van der Waals surface area contributed by atoms with E-state index in [4.69, 9.17) is 10.5 Å². The van der Waals surface area contributed by atoms with Crippen LogP contribution in [0.25, 0.3) is 0 Å². The third kappa shape index (κ3) is 1.69. The van der Waals surface area contributed by atoms with E-state index in [2.05, 4.69) is 4.98 Å². The topological polar surface area (TPSA) is 53.1 Å². The molecule has 0 aromatic carbocycles. The Morgan fingerprint density at radius 2 is 2.33 bits per heavy atom. The van der Waals surface area contributed by atoms with Gasteiger partial charge in [-0.1, -0.05) is 0 Å². The third-order valence-corrected chi connectivity index (χ3v) is 1.51. The maximum Gasteiger partial charge on any atom is 0.298 e. The van der Waals surface area contributed by atoms with E-state index < -0.39 is 0 Å². The van der Waals surface area contributed by atoms with E-state index in [1.807, 2.05) is 25.3 Å². The van der Waals surface area contributed by atoms with Crippen LogP contribution in [0, 0.1) is 0 Å². The summed E-state index contributed by atoms with van der Waals surface area (Å²) in [6.45, 7) is 6.72. The molecule has 0 radical (unpaired) electrons. The van der Waals surface area contributed by atoms with Gasteiger partial charge in [-0.25, -0.2) is 4.98 Å². The Bertz CT molecular complexity index is 255. The van der Waals surface area contributed by atoms with Crippen molar-refractivity contribution < 1.29 is 4.74 Å². The second-order valence-corrected chi connectivity index (χ2v) is 2.88. The lowest BCUT2D eigenvalue weighted by Crippen LogP contribution is -2.11. The van der Waals surface area contributed by atoms with Gasteiger partial charge in [0.25, 0.3) is 6.01 Å². The summed E-state index contributed by atoms with van der Waals surface area (Å²) in [5, 5.41) is 0. The molecule has 0 bridgehead atoms. The summed E-state index contributed by atoms with van der Waals surface area (Å²) in [6, 6.07) is 0.602. The van der Waals surface area contributed by atoms with Crippen molar-refractivity contribution in [1.82, 2.24) is 9.55 Å². The quantitative estimate of drug-likeness (QED) is 0.741. The van der Waals surface area contributed by atoms with E-state index >= 15 is 0 Å². The molecule has 0 fully saturated rings. The van der Waals surface area contributed by atoms with Crippen LogP contribution in [0.5, 0.6) is 6.01 Å². The van der Waals surface area contributed by atoms with E-state index in [1.165, 1.54) is 0 Å². The first kappa shape index (κ1) is 8.90. The van der Waals surface area contributed by atoms with Crippen molar-refractivity contribution in [3.8, 4) is 6.01 Å². The summed E-state index contributed by atoms with van der Waals surface area (Å²) in [5.74, 6) is 0.646. The van der Waals surface area contributed by atoms with Crippen molar-refractivity contribution in [3.63, 3.8) is 0 Å². The highest BCUT2D eigenvalue weighted by molar-refractivity contribution is 5.30. The number of aromatic nitrogens is 2. The predicted molar refractivity (Wildman–Crippen MR) is 48.1 cm³/mol. The molecule has 4 heteroatoms. The normalized spacial score (nSPS) is 10.7. The molecule has 4 nitrogen and oxygen atoms in total. The smallest absolute Gasteiger partial charge is 0.298 e. The lowest BCUT2D eigenvalue weighted by Gasteiger charge is -2.10. The Kier molecular flexibility index (Phi) is 2.58. The Balaban J connectivity index is 2.84. The summed E-state index contributed by atoms with van der Waals surface area (Å²) in [5.41, 5.74) is 5.65. The van der Waals surface area contributed by atoms with E-state index in [1.54, 1.807) is 6.20 Å². The second-order valence-electron chi connectivity index (χ2n) is 2.88. The zero-order valence-electron chi connectivity index (χ0n) is 7.74. The van der Waals surface area contributed by atoms with Crippen LogP contribution in [0.4, 0.5) is 5.82 Å². The molecule has 0 aliphatic carbocycles. The van der Waals surface area contributed by atoms with Gasteiger partial charge < -0.3 is 10.5 Å². The van der Waals surface area contributed by atoms with Gasteiger partial charge in [0.2, 0.25) is 0 Å². The molecular formula is C8H15N3O. The van der Waals surface area contributed by atoms with Crippen molar-refractivity contribution in [1.29, 1.82) is 0 Å². The first-order chi connectivity index (χ1) is 5.65. The minimum absolute atomic E-state index is 0.136. The number of imidazole rings is 1. The van der Waals surface area contributed by atoms with Gasteiger partial charge >= 0.3 is 0 Å². The van der Waals surface area contributed by atoms with E-state index in [0.29, 0.717) is 11.8 Å². The molecule has 0 atom stereocenters. The Morgan fingerprint density at radius 1 is 1.67 bits per heavy atom. The van der Waals surface area contributed by atoms with Crippen LogP contribution in [0.1, 0.15) is 20.8 Å². The number of rotatable bonds is 3. The molecule has 1 aromatic rings. The summed E-state index contributed by atoms with van der Waals surface area (Å²) >= 11 is 0. The summed E-state index contributed by atoms with van der Waals surface area (Å²) < 4.78 is 7.26. The Hall–Kier alpha value is -1.19. The molecule has 0 aliphatic heterocycles. The number of nitrogen functional groups attached to an aromatic ring is 1. The Morgan fingerprint density at radius 3 is 2.83 bits per heavy atom. The number of anilines is 1. The number of hydrogen-bond acceptors (Lipinski definition) is 3. The molecule has 68 valence electrons. The van der Waals surface area contributed by atoms with Crippen LogP contribution in [-0.4, -0.2) is 15.7 Å². The zero-order valence-corrected chi connectivity index (χ0v) is 7.74. The van der Waals surface area contributed by atoms with Crippen molar-refractivity contribution in [3.05, 3.63) is 6.20 Å². The van der Waals surface area contributed by atoms with Crippen LogP contribution >= 0.6 is 0 Å². The highest BCUT2D eigenvalue weighted by atomic mass is 16.5. The summed E-state index contributed by atoms with van der Waals surface area (Å²) in [6.07, 6.45) is 1.75. The highest BCUT2D eigenvalue weighted by Gasteiger charge is 2.07. The molecule has 0 spiro atoms. The third-order valence-electron chi connectivity index (χ3n) is 1.51. The maximum atomic E-state index is 5.65. The fourth-order valence-electron chi connectivity index (χ4n) is 0.994. The van der Waals surface area contributed by atoms with Crippen molar-refractivity contribution >= 4 is 5.82 Å². The van der Waals surface area contributed by atoms with Crippen LogP contribution in [0.15, 0.2) is 6.20 Å². The number of ether oxygens (including phenoxy) is 1. The minimum atomic E-state index is 0.136. The highest BCUT2D eigenvalue weighted by Crippen LogP contribution is 2.15. The molecular weight excluding hydrogens is 154 g/mol. The number of nitrogens with zero attached hydrogens (tertiary/aromatic N) is 2. The fourth-order valence-corrected chi connectivity index (χ4v) is 0.994. The molecule has 0 unspecified atom stereocenters.